The van der Waals surface area contributed by atoms with E-state index in [0.29, 0.717) is 12.3 Å². The van der Waals surface area contributed by atoms with E-state index in [-0.39, 0.29) is 5.88 Å². The lowest BCUT2D eigenvalue weighted by Crippen LogP contribution is -1.96. The molecule has 2 rings (SSSR count). The van der Waals surface area contributed by atoms with Crippen molar-refractivity contribution < 1.29 is 13.5 Å². The number of hydrogen-bond donors (Lipinski definition) is 1. The fourth-order valence-electron chi connectivity index (χ4n) is 1.28. The quantitative estimate of drug-likeness (QED) is 0.891. The molecule has 0 saturated carbocycles. The molecule has 1 aromatic carbocycles. The Kier molecular flexibility index (Phi) is 3.30. The zero-order valence-electron chi connectivity index (χ0n) is 8.86. The molecule has 0 aliphatic heterocycles. The lowest BCUT2D eigenvalue weighted by atomic mass is 10.2. The van der Waals surface area contributed by atoms with Crippen LogP contribution in [-0.2, 0) is 6.54 Å². The Balaban J connectivity index is 2.19. The Labute approximate surface area is 96.9 Å². The third kappa shape index (κ3) is 2.76. The molecule has 88 valence electrons. The number of nitrogens with two attached hydrogens (primary N) is 1. The molecule has 0 unspecified atom stereocenters. The van der Waals surface area contributed by atoms with Gasteiger partial charge >= 0.3 is 0 Å². The first-order valence-electron chi connectivity index (χ1n) is 4.97. The van der Waals surface area contributed by atoms with Crippen LogP contribution in [0.5, 0.6) is 11.6 Å². The Bertz CT molecular complexity index is 514. The van der Waals surface area contributed by atoms with E-state index in [1.807, 2.05) is 0 Å². The van der Waals surface area contributed by atoms with Crippen LogP contribution in [0.1, 0.15) is 5.56 Å². The van der Waals surface area contributed by atoms with Crippen LogP contribution < -0.4 is 10.5 Å². The molecule has 2 N–H and O–H groups in total. The minimum atomic E-state index is -0.840. The number of halogens is 2. The number of hydrogen-bond acceptors (Lipinski definition) is 3. The summed E-state index contributed by atoms with van der Waals surface area (Å²) in [6.07, 6.45) is 0.896. The van der Waals surface area contributed by atoms with Crippen molar-refractivity contribution in [2.75, 3.05) is 0 Å². The number of rotatable bonds is 3. The van der Waals surface area contributed by atoms with Crippen LogP contribution in [0.25, 0.3) is 0 Å². The third-order valence-electron chi connectivity index (χ3n) is 2.15. The summed E-state index contributed by atoms with van der Waals surface area (Å²) < 4.78 is 31.0. The van der Waals surface area contributed by atoms with Gasteiger partial charge in [0, 0.05) is 12.6 Å². The second kappa shape index (κ2) is 4.88. The van der Waals surface area contributed by atoms with Gasteiger partial charge in [-0.2, -0.15) is 0 Å². The smallest absolute Gasteiger partial charge is 0.256 e. The highest BCUT2D eigenvalue weighted by Crippen LogP contribution is 2.22. The molecule has 5 heteroatoms. The zero-order valence-corrected chi connectivity index (χ0v) is 8.86. The van der Waals surface area contributed by atoms with E-state index in [1.54, 1.807) is 24.3 Å². The van der Waals surface area contributed by atoms with Gasteiger partial charge in [-0.15, -0.1) is 0 Å². The maximum Gasteiger partial charge on any atom is 0.256 e. The van der Waals surface area contributed by atoms with E-state index in [2.05, 4.69) is 4.98 Å². The summed E-state index contributed by atoms with van der Waals surface area (Å²) in [5.74, 6) is -1.42. The lowest BCUT2D eigenvalue weighted by Gasteiger charge is -2.06. The SMILES string of the molecule is NCc1ccc(Oc2ncc(F)cc2F)cc1. The normalized spacial score (nSPS) is 10.3. The summed E-state index contributed by atoms with van der Waals surface area (Å²) in [6.45, 7) is 0.420. The van der Waals surface area contributed by atoms with Crippen molar-refractivity contribution in [3.05, 3.63) is 53.7 Å². The van der Waals surface area contributed by atoms with Crippen molar-refractivity contribution in [3.8, 4) is 11.6 Å². The number of pyridine rings is 1. The standard InChI is InChI=1S/C12H10F2N2O/c13-9-5-11(14)12(16-7-9)17-10-3-1-8(6-15)2-4-10/h1-5,7H,6,15H2. The molecule has 1 aromatic heterocycles. The van der Waals surface area contributed by atoms with Gasteiger partial charge in [-0.1, -0.05) is 12.1 Å². The molecule has 0 bridgehead atoms. The highest BCUT2D eigenvalue weighted by atomic mass is 19.1. The van der Waals surface area contributed by atoms with Crippen LogP contribution in [0.4, 0.5) is 8.78 Å². The Morgan fingerprint density at radius 2 is 1.88 bits per heavy atom. The summed E-state index contributed by atoms with van der Waals surface area (Å²) in [5, 5.41) is 0. The third-order valence-corrected chi connectivity index (χ3v) is 2.15. The second-order valence-electron chi connectivity index (χ2n) is 3.39. The van der Waals surface area contributed by atoms with Crippen molar-refractivity contribution in [1.29, 1.82) is 0 Å². The van der Waals surface area contributed by atoms with Gasteiger partial charge in [0.05, 0.1) is 6.20 Å². The number of benzene rings is 1. The highest BCUT2D eigenvalue weighted by Gasteiger charge is 2.07. The molecule has 0 amide bonds. The summed E-state index contributed by atoms with van der Waals surface area (Å²) in [7, 11) is 0. The molecule has 0 aliphatic rings. The van der Waals surface area contributed by atoms with Gasteiger partial charge < -0.3 is 10.5 Å². The lowest BCUT2D eigenvalue weighted by molar-refractivity contribution is 0.416. The minimum Gasteiger partial charge on any atom is -0.436 e. The van der Waals surface area contributed by atoms with Crippen molar-refractivity contribution >= 4 is 0 Å². The molecular formula is C12H10F2N2O. The Morgan fingerprint density at radius 3 is 2.47 bits per heavy atom. The molecule has 0 fully saturated rings. The van der Waals surface area contributed by atoms with Crippen LogP contribution in [-0.4, -0.2) is 4.98 Å². The topological polar surface area (TPSA) is 48.1 Å². The molecule has 3 nitrogen and oxygen atoms in total. The maximum atomic E-state index is 13.2. The Hall–Kier alpha value is -2.01. The van der Waals surface area contributed by atoms with Crippen molar-refractivity contribution in [3.63, 3.8) is 0 Å². The van der Waals surface area contributed by atoms with Crippen LogP contribution in [0, 0.1) is 11.6 Å². The molecule has 17 heavy (non-hydrogen) atoms. The first-order chi connectivity index (χ1) is 8.19. The van der Waals surface area contributed by atoms with Crippen LogP contribution in [0.15, 0.2) is 36.5 Å². The first kappa shape index (κ1) is 11.5. The van der Waals surface area contributed by atoms with Gasteiger partial charge in [0.1, 0.15) is 11.6 Å². The van der Waals surface area contributed by atoms with Gasteiger partial charge in [0.25, 0.3) is 5.88 Å². The van der Waals surface area contributed by atoms with Crippen LogP contribution >= 0.6 is 0 Å². The summed E-state index contributed by atoms with van der Waals surface area (Å²) >= 11 is 0. The highest BCUT2D eigenvalue weighted by molar-refractivity contribution is 5.30. The van der Waals surface area contributed by atoms with Gasteiger partial charge in [-0.25, -0.2) is 13.8 Å². The van der Waals surface area contributed by atoms with Crippen LogP contribution in [0.2, 0.25) is 0 Å². The fourth-order valence-corrected chi connectivity index (χ4v) is 1.28. The van der Waals surface area contributed by atoms with Crippen molar-refractivity contribution in [2.24, 2.45) is 5.73 Å². The van der Waals surface area contributed by atoms with E-state index in [0.717, 1.165) is 17.8 Å². The maximum absolute atomic E-state index is 13.2. The monoisotopic (exact) mass is 236 g/mol. The van der Waals surface area contributed by atoms with Gasteiger partial charge in [0.15, 0.2) is 5.82 Å². The zero-order chi connectivity index (χ0) is 12.3. The average molecular weight is 236 g/mol. The summed E-state index contributed by atoms with van der Waals surface area (Å²) in [4.78, 5) is 3.52. The van der Waals surface area contributed by atoms with E-state index in [9.17, 15) is 8.78 Å². The molecule has 0 aliphatic carbocycles. The number of nitrogens with zero attached hydrogens (tertiary/aromatic N) is 1. The molecule has 2 aromatic rings. The van der Waals surface area contributed by atoms with Gasteiger partial charge in [0.2, 0.25) is 0 Å². The molecule has 0 spiro atoms. The van der Waals surface area contributed by atoms with Crippen LogP contribution in [0.3, 0.4) is 0 Å². The van der Waals surface area contributed by atoms with Crippen molar-refractivity contribution in [2.45, 2.75) is 6.54 Å². The van der Waals surface area contributed by atoms with Crippen molar-refractivity contribution in [1.82, 2.24) is 4.98 Å². The van der Waals surface area contributed by atoms with Gasteiger partial charge in [-0.3, -0.25) is 0 Å². The molecule has 0 saturated heterocycles. The molecule has 0 atom stereocenters. The Morgan fingerprint density at radius 1 is 1.18 bits per heavy atom. The largest absolute Gasteiger partial charge is 0.436 e. The number of ether oxygens (including phenoxy) is 1. The average Bonchev–Trinajstić information content (AvgIpc) is 2.34. The number of aromatic nitrogens is 1. The molecule has 1 heterocycles. The molecule has 0 radical (unpaired) electrons. The second-order valence-corrected chi connectivity index (χ2v) is 3.39. The predicted octanol–water partition coefficient (Wildman–Crippen LogP) is 2.61. The van der Waals surface area contributed by atoms with E-state index < -0.39 is 11.6 Å². The first-order valence-corrected chi connectivity index (χ1v) is 4.97. The fraction of sp³-hybridized carbons (Fsp3) is 0.0833. The van der Waals surface area contributed by atoms with Gasteiger partial charge in [-0.05, 0) is 17.7 Å². The molecular weight excluding hydrogens is 226 g/mol. The van der Waals surface area contributed by atoms with E-state index in [1.165, 1.54) is 0 Å². The summed E-state index contributed by atoms with van der Waals surface area (Å²) in [5.41, 5.74) is 6.37. The van der Waals surface area contributed by atoms with E-state index >= 15 is 0 Å². The predicted molar refractivity (Wildman–Crippen MR) is 58.6 cm³/mol. The van der Waals surface area contributed by atoms with E-state index in [4.69, 9.17) is 10.5 Å². The summed E-state index contributed by atoms with van der Waals surface area (Å²) in [6, 6.07) is 7.53. The minimum absolute atomic E-state index is 0.258.